The molecule has 0 aliphatic carbocycles. The number of thioether (sulfide) groups is 1. The zero-order valence-electron chi connectivity index (χ0n) is 6.62. The molecule has 1 heterocycles. The van der Waals surface area contributed by atoms with Gasteiger partial charge in [-0.2, -0.15) is 4.91 Å². The van der Waals surface area contributed by atoms with E-state index in [1.807, 2.05) is 0 Å². The molecule has 0 aliphatic rings. The van der Waals surface area contributed by atoms with Gasteiger partial charge in [-0.15, -0.1) is 0 Å². The van der Waals surface area contributed by atoms with Crippen LogP contribution in [0.25, 0.3) is 0 Å². The highest BCUT2D eigenvalue weighted by molar-refractivity contribution is 7.98. The smallest absolute Gasteiger partial charge is 0.190 e. The number of nitrogens with zero attached hydrogens (tertiary/aromatic N) is 3. The second-order valence-corrected chi connectivity index (χ2v) is 3.55. The highest BCUT2D eigenvalue weighted by Gasteiger charge is 2.10. The molecule has 7 heteroatoms. The Morgan fingerprint density at radius 1 is 1.38 bits per heavy atom. The Labute approximate surface area is 89.0 Å². The average molecular weight is 238 g/mol. The Morgan fingerprint density at radius 3 is 2.31 bits per heavy atom. The Morgan fingerprint density at radius 2 is 1.92 bits per heavy atom. The summed E-state index contributed by atoms with van der Waals surface area (Å²) in [5.74, 6) is 0. The summed E-state index contributed by atoms with van der Waals surface area (Å²) in [7, 11) is 0. The first-order valence-corrected chi connectivity index (χ1v) is 5.22. The van der Waals surface area contributed by atoms with Gasteiger partial charge < -0.3 is 0 Å². The van der Waals surface area contributed by atoms with Gasteiger partial charge in [0, 0.05) is 0 Å². The standard InChI is InChI=1S/C6H5Cl2N3OS/c1-13-6-10-4(7)3(2-9-12)5(8)11-6/h2H2,1H3. The lowest BCUT2D eigenvalue weighted by Crippen LogP contribution is -1.95. The van der Waals surface area contributed by atoms with Crippen LogP contribution in [0.1, 0.15) is 5.56 Å². The third-order valence-electron chi connectivity index (χ3n) is 1.29. The molecule has 1 aromatic heterocycles. The zero-order chi connectivity index (χ0) is 9.84. The Hall–Kier alpha value is -0.390. The van der Waals surface area contributed by atoms with Crippen LogP contribution in [0.4, 0.5) is 0 Å². The maximum atomic E-state index is 10.0. The highest BCUT2D eigenvalue weighted by Crippen LogP contribution is 2.24. The lowest BCUT2D eigenvalue weighted by Gasteiger charge is -2.02. The van der Waals surface area contributed by atoms with Crippen LogP contribution in [0.15, 0.2) is 10.3 Å². The summed E-state index contributed by atoms with van der Waals surface area (Å²) in [6.07, 6.45) is 1.81. The van der Waals surface area contributed by atoms with E-state index in [9.17, 15) is 4.91 Å². The summed E-state index contributed by atoms with van der Waals surface area (Å²) >= 11 is 12.8. The molecule has 13 heavy (non-hydrogen) atoms. The van der Waals surface area contributed by atoms with Crippen LogP contribution in [-0.4, -0.2) is 16.2 Å². The largest absolute Gasteiger partial charge is 0.210 e. The molecule has 0 fully saturated rings. The first-order chi connectivity index (χ1) is 6.19. The van der Waals surface area contributed by atoms with Gasteiger partial charge >= 0.3 is 0 Å². The third-order valence-corrected chi connectivity index (χ3v) is 2.46. The molecule has 0 radical (unpaired) electrons. The van der Waals surface area contributed by atoms with E-state index in [0.717, 1.165) is 0 Å². The molecule has 0 unspecified atom stereocenters. The fraction of sp³-hybridized carbons (Fsp3) is 0.333. The number of hydrogen-bond donors (Lipinski definition) is 0. The number of nitroso groups, excluding NO2 is 1. The maximum Gasteiger partial charge on any atom is 0.190 e. The Bertz CT molecular complexity index is 311. The van der Waals surface area contributed by atoms with Crippen LogP contribution >= 0.6 is 35.0 Å². The van der Waals surface area contributed by atoms with Crippen molar-refractivity contribution >= 4 is 35.0 Å². The van der Waals surface area contributed by atoms with Gasteiger partial charge in [0.05, 0.1) is 5.56 Å². The van der Waals surface area contributed by atoms with Crippen LogP contribution in [0, 0.1) is 4.91 Å². The summed E-state index contributed by atoms with van der Waals surface area (Å²) < 4.78 is 0. The molecule has 0 saturated heterocycles. The van der Waals surface area contributed by atoms with Crippen molar-refractivity contribution < 1.29 is 0 Å². The molecule has 4 nitrogen and oxygen atoms in total. The quantitative estimate of drug-likeness (QED) is 0.351. The van der Waals surface area contributed by atoms with Gasteiger partial charge in [-0.25, -0.2) is 9.97 Å². The van der Waals surface area contributed by atoms with Gasteiger partial charge in [-0.1, -0.05) is 40.1 Å². The normalized spacial score (nSPS) is 10.1. The lowest BCUT2D eigenvalue weighted by atomic mass is 10.3. The molecule has 1 rings (SSSR count). The van der Waals surface area contributed by atoms with Crippen molar-refractivity contribution in [3.05, 3.63) is 20.8 Å². The highest BCUT2D eigenvalue weighted by atomic mass is 35.5. The zero-order valence-corrected chi connectivity index (χ0v) is 8.95. The fourth-order valence-electron chi connectivity index (χ4n) is 0.699. The van der Waals surface area contributed by atoms with Gasteiger partial charge in [0.25, 0.3) is 0 Å². The van der Waals surface area contributed by atoms with Crippen molar-refractivity contribution in [2.24, 2.45) is 5.18 Å². The van der Waals surface area contributed by atoms with Gasteiger partial charge in [0.1, 0.15) is 16.9 Å². The van der Waals surface area contributed by atoms with Crippen LogP contribution in [0.2, 0.25) is 10.3 Å². The monoisotopic (exact) mass is 237 g/mol. The van der Waals surface area contributed by atoms with Crippen molar-refractivity contribution in [2.45, 2.75) is 11.7 Å². The number of rotatable bonds is 3. The first kappa shape index (κ1) is 10.7. The molecule has 0 amide bonds. The second-order valence-electron chi connectivity index (χ2n) is 2.06. The van der Waals surface area contributed by atoms with Crippen molar-refractivity contribution in [3.63, 3.8) is 0 Å². The van der Waals surface area contributed by atoms with Gasteiger partial charge in [-0.05, 0) is 6.26 Å². The lowest BCUT2D eigenvalue weighted by molar-refractivity contribution is 0.915. The third kappa shape index (κ3) is 2.52. The van der Waals surface area contributed by atoms with Crippen LogP contribution < -0.4 is 0 Å². The predicted molar refractivity (Wildman–Crippen MR) is 53.3 cm³/mol. The van der Waals surface area contributed by atoms with E-state index in [4.69, 9.17) is 23.2 Å². The minimum atomic E-state index is -0.105. The molecular formula is C6H5Cl2N3OS. The summed E-state index contributed by atoms with van der Waals surface area (Å²) in [5.41, 5.74) is 0.371. The molecule has 0 spiro atoms. The molecule has 0 aliphatic heterocycles. The number of aromatic nitrogens is 2. The van der Waals surface area contributed by atoms with Crippen molar-refractivity contribution in [3.8, 4) is 0 Å². The topological polar surface area (TPSA) is 55.2 Å². The van der Waals surface area contributed by atoms with E-state index in [1.165, 1.54) is 11.8 Å². The fourth-order valence-corrected chi connectivity index (χ4v) is 1.67. The van der Waals surface area contributed by atoms with Crippen LogP contribution in [0.5, 0.6) is 0 Å². The van der Waals surface area contributed by atoms with E-state index in [0.29, 0.717) is 10.7 Å². The predicted octanol–water partition coefficient (Wildman–Crippen LogP) is 2.77. The summed E-state index contributed by atoms with van der Waals surface area (Å²) in [5, 5.41) is 3.52. The first-order valence-electron chi connectivity index (χ1n) is 3.24. The van der Waals surface area contributed by atoms with E-state index < -0.39 is 0 Å². The number of halogens is 2. The molecule has 0 atom stereocenters. The van der Waals surface area contributed by atoms with Crippen molar-refractivity contribution in [1.82, 2.24) is 9.97 Å². The summed E-state index contributed by atoms with van der Waals surface area (Å²) in [4.78, 5) is 17.8. The molecule has 0 bridgehead atoms. The summed E-state index contributed by atoms with van der Waals surface area (Å²) in [6, 6.07) is 0. The minimum Gasteiger partial charge on any atom is -0.210 e. The van der Waals surface area contributed by atoms with Gasteiger partial charge in [-0.3, -0.25) is 0 Å². The van der Waals surface area contributed by atoms with E-state index in [2.05, 4.69) is 15.1 Å². The van der Waals surface area contributed by atoms with Crippen LogP contribution in [-0.2, 0) is 6.54 Å². The van der Waals surface area contributed by atoms with Gasteiger partial charge in [0.2, 0.25) is 0 Å². The Balaban J connectivity index is 3.14. The summed E-state index contributed by atoms with van der Waals surface area (Å²) in [6.45, 7) is -0.105. The van der Waals surface area contributed by atoms with Gasteiger partial charge in [0.15, 0.2) is 5.16 Å². The van der Waals surface area contributed by atoms with E-state index in [1.54, 1.807) is 6.26 Å². The Kier molecular flexibility index (Phi) is 3.90. The SMILES string of the molecule is CSc1nc(Cl)c(CN=O)c(Cl)n1. The molecule has 0 N–H and O–H groups in total. The second kappa shape index (κ2) is 4.74. The molecule has 1 aromatic rings. The van der Waals surface area contributed by atoms with Crippen molar-refractivity contribution in [2.75, 3.05) is 6.26 Å². The molecule has 0 aromatic carbocycles. The van der Waals surface area contributed by atoms with Crippen LogP contribution in [0.3, 0.4) is 0 Å². The maximum absolute atomic E-state index is 10.0. The number of hydrogen-bond acceptors (Lipinski definition) is 5. The van der Waals surface area contributed by atoms with Crippen molar-refractivity contribution in [1.29, 1.82) is 0 Å². The van der Waals surface area contributed by atoms with E-state index >= 15 is 0 Å². The average Bonchev–Trinajstić information content (AvgIpc) is 2.11. The molecule has 70 valence electrons. The van der Waals surface area contributed by atoms with E-state index in [-0.39, 0.29) is 16.9 Å². The minimum absolute atomic E-state index is 0.105. The molecular weight excluding hydrogens is 233 g/mol. The molecule has 0 saturated carbocycles.